The van der Waals surface area contributed by atoms with Gasteiger partial charge in [0.15, 0.2) is 17.5 Å². The van der Waals surface area contributed by atoms with Gasteiger partial charge in [-0.2, -0.15) is 0 Å². The van der Waals surface area contributed by atoms with Crippen LogP contribution in [0.3, 0.4) is 0 Å². The number of hydrogen-bond acceptors (Lipinski definition) is 3. The molecule has 1 saturated heterocycles. The van der Waals surface area contributed by atoms with Crippen LogP contribution in [0.2, 0.25) is 0 Å². The molecule has 1 heterocycles. The maximum Gasteiger partial charge on any atom is 0.191 e. The van der Waals surface area contributed by atoms with E-state index in [9.17, 15) is 4.39 Å². The van der Waals surface area contributed by atoms with Crippen LogP contribution < -0.4 is 15.4 Å². The molecule has 1 aromatic rings. The molecule has 0 bridgehead atoms. The summed E-state index contributed by atoms with van der Waals surface area (Å²) in [6, 6.07) is 6.92. The maximum atomic E-state index is 13.6. The molecule has 0 spiro atoms. The topological polar surface area (TPSA) is 48.9 Å². The number of guanidine groups is 1. The number of nitrogens with zero attached hydrogens (tertiary/aromatic N) is 2. The predicted octanol–water partition coefficient (Wildman–Crippen LogP) is 3.25. The summed E-state index contributed by atoms with van der Waals surface area (Å²) in [5.41, 5.74) is 0. The lowest BCUT2D eigenvalue weighted by atomic mass is 10.1. The van der Waals surface area contributed by atoms with Gasteiger partial charge in [0.2, 0.25) is 0 Å². The van der Waals surface area contributed by atoms with Gasteiger partial charge in [0.1, 0.15) is 6.10 Å². The fourth-order valence-electron chi connectivity index (χ4n) is 3.04. The fraction of sp³-hybridized carbons (Fsp3) is 0.632. The van der Waals surface area contributed by atoms with Crippen LogP contribution in [0.15, 0.2) is 29.3 Å². The Balaban J connectivity index is 0.00000338. The first kappa shape index (κ1) is 23.0. The van der Waals surface area contributed by atoms with Gasteiger partial charge in [0.05, 0.1) is 6.54 Å². The molecule has 1 aliphatic heterocycles. The minimum absolute atomic E-state index is 0. The van der Waals surface area contributed by atoms with Crippen LogP contribution in [0.1, 0.15) is 33.1 Å². The molecular weight excluding hydrogens is 446 g/mol. The van der Waals surface area contributed by atoms with E-state index >= 15 is 0 Å². The molecule has 0 aromatic heterocycles. The Bertz CT molecular complexity index is 550. The zero-order chi connectivity index (χ0) is 18.1. The van der Waals surface area contributed by atoms with Crippen LogP contribution in [-0.4, -0.2) is 56.2 Å². The second-order valence-electron chi connectivity index (χ2n) is 6.57. The minimum Gasteiger partial charge on any atom is -0.486 e. The lowest BCUT2D eigenvalue weighted by Crippen LogP contribution is -2.50. The van der Waals surface area contributed by atoms with E-state index in [2.05, 4.69) is 27.4 Å². The summed E-state index contributed by atoms with van der Waals surface area (Å²) in [4.78, 5) is 6.80. The Labute approximate surface area is 173 Å². The van der Waals surface area contributed by atoms with Crippen molar-refractivity contribution >= 4 is 29.9 Å². The predicted molar refractivity (Wildman–Crippen MR) is 116 cm³/mol. The highest BCUT2D eigenvalue weighted by Crippen LogP contribution is 2.16. The van der Waals surface area contributed by atoms with Gasteiger partial charge >= 0.3 is 0 Å². The number of likely N-dealkylation sites (tertiary alicyclic amines) is 1. The second-order valence-corrected chi connectivity index (χ2v) is 6.57. The number of para-hydroxylation sites is 1. The molecule has 7 heteroatoms. The summed E-state index contributed by atoms with van der Waals surface area (Å²) in [5.74, 6) is 0.719. The number of halogens is 2. The summed E-state index contributed by atoms with van der Waals surface area (Å²) >= 11 is 0. The smallest absolute Gasteiger partial charge is 0.191 e. The van der Waals surface area contributed by atoms with E-state index < -0.39 is 0 Å². The number of nitrogens with one attached hydrogen (secondary N) is 2. The molecule has 1 atom stereocenters. The molecule has 0 radical (unpaired) electrons. The number of rotatable bonds is 7. The number of hydrogen-bond donors (Lipinski definition) is 2. The lowest BCUT2D eigenvalue weighted by Gasteiger charge is -2.33. The number of ether oxygens (including phenoxy) is 1. The van der Waals surface area contributed by atoms with E-state index in [0.29, 0.717) is 12.6 Å². The highest BCUT2D eigenvalue weighted by Gasteiger charge is 2.19. The highest BCUT2D eigenvalue weighted by molar-refractivity contribution is 14.0. The van der Waals surface area contributed by atoms with Crippen molar-refractivity contribution in [2.45, 2.75) is 45.3 Å². The Morgan fingerprint density at radius 1 is 1.35 bits per heavy atom. The van der Waals surface area contributed by atoms with E-state index in [0.717, 1.165) is 31.9 Å². The van der Waals surface area contributed by atoms with E-state index in [1.165, 1.54) is 19.0 Å². The second kappa shape index (κ2) is 12.3. The maximum absolute atomic E-state index is 13.6. The van der Waals surface area contributed by atoms with Gasteiger partial charge in [-0.25, -0.2) is 4.39 Å². The summed E-state index contributed by atoms with van der Waals surface area (Å²) in [7, 11) is 1.77. The first-order valence-corrected chi connectivity index (χ1v) is 9.23. The van der Waals surface area contributed by atoms with Crippen molar-refractivity contribution in [1.29, 1.82) is 0 Å². The molecule has 0 amide bonds. The average molecular weight is 478 g/mol. The zero-order valence-corrected chi connectivity index (χ0v) is 18.3. The number of benzene rings is 1. The molecular formula is C19H32FIN4O. The number of piperidine rings is 1. The molecule has 2 rings (SSSR count). The fourth-order valence-corrected chi connectivity index (χ4v) is 3.04. The van der Waals surface area contributed by atoms with Crippen molar-refractivity contribution in [3.05, 3.63) is 30.1 Å². The van der Waals surface area contributed by atoms with E-state index in [-0.39, 0.29) is 41.6 Å². The molecule has 1 unspecified atom stereocenters. The quantitative estimate of drug-likeness (QED) is 0.359. The van der Waals surface area contributed by atoms with Gasteiger partial charge in [0.25, 0.3) is 0 Å². The van der Waals surface area contributed by atoms with Gasteiger partial charge in [0, 0.05) is 26.2 Å². The van der Waals surface area contributed by atoms with Gasteiger partial charge < -0.3 is 20.3 Å². The van der Waals surface area contributed by atoms with Gasteiger partial charge in [-0.1, -0.05) is 19.1 Å². The molecule has 0 saturated carbocycles. The standard InChI is InChI=1S/C19H31FN4O.HI/c1-4-11-24-12-9-16(10-13-24)23-19(21-3)22-14-15(2)25-18-8-6-5-7-17(18)20;/h5-8,15-16H,4,9-14H2,1-3H3,(H2,21,22,23);1H. The normalized spacial score (nSPS) is 17.3. The Kier molecular flexibility index (Phi) is 10.9. The van der Waals surface area contributed by atoms with Crippen LogP contribution >= 0.6 is 24.0 Å². The summed E-state index contributed by atoms with van der Waals surface area (Å²) in [5, 5.41) is 6.75. The van der Waals surface area contributed by atoms with E-state index in [1.54, 1.807) is 25.2 Å². The highest BCUT2D eigenvalue weighted by atomic mass is 127. The third kappa shape index (κ3) is 7.65. The van der Waals surface area contributed by atoms with Crippen molar-refractivity contribution in [3.63, 3.8) is 0 Å². The minimum atomic E-state index is -0.337. The molecule has 0 aliphatic carbocycles. The van der Waals surface area contributed by atoms with Crippen LogP contribution in [-0.2, 0) is 0 Å². The number of aliphatic imine (C=N–C) groups is 1. The van der Waals surface area contributed by atoms with E-state index in [1.807, 2.05) is 6.92 Å². The summed E-state index contributed by atoms with van der Waals surface area (Å²) in [6.45, 7) is 8.15. The average Bonchev–Trinajstić information content (AvgIpc) is 2.62. The molecule has 1 fully saturated rings. The van der Waals surface area contributed by atoms with Crippen molar-refractivity contribution in [1.82, 2.24) is 15.5 Å². The first-order chi connectivity index (χ1) is 12.1. The van der Waals surface area contributed by atoms with Crippen LogP contribution in [0.25, 0.3) is 0 Å². The SMILES string of the molecule is CCCN1CCC(NC(=NC)NCC(C)Oc2ccccc2F)CC1.I. The monoisotopic (exact) mass is 478 g/mol. The molecule has 26 heavy (non-hydrogen) atoms. The zero-order valence-electron chi connectivity index (χ0n) is 16.0. The Morgan fingerprint density at radius 2 is 2.04 bits per heavy atom. The Morgan fingerprint density at radius 3 is 2.65 bits per heavy atom. The summed E-state index contributed by atoms with van der Waals surface area (Å²) in [6.07, 6.45) is 3.30. The third-order valence-electron chi connectivity index (χ3n) is 4.41. The van der Waals surface area contributed by atoms with Crippen LogP contribution in [0.5, 0.6) is 5.75 Å². The molecule has 2 N–H and O–H groups in total. The van der Waals surface area contributed by atoms with Gasteiger partial charge in [-0.15, -0.1) is 24.0 Å². The van der Waals surface area contributed by atoms with Crippen LogP contribution in [0.4, 0.5) is 4.39 Å². The summed E-state index contributed by atoms with van der Waals surface area (Å²) < 4.78 is 19.3. The van der Waals surface area contributed by atoms with Crippen molar-refractivity contribution < 1.29 is 9.13 Å². The van der Waals surface area contributed by atoms with E-state index in [4.69, 9.17) is 4.74 Å². The van der Waals surface area contributed by atoms with Crippen molar-refractivity contribution in [2.24, 2.45) is 4.99 Å². The van der Waals surface area contributed by atoms with Crippen LogP contribution in [0, 0.1) is 5.82 Å². The molecule has 1 aromatic carbocycles. The van der Waals surface area contributed by atoms with Crippen molar-refractivity contribution in [2.75, 3.05) is 33.2 Å². The van der Waals surface area contributed by atoms with Gasteiger partial charge in [-0.3, -0.25) is 4.99 Å². The van der Waals surface area contributed by atoms with Crippen molar-refractivity contribution in [3.8, 4) is 5.75 Å². The van der Waals surface area contributed by atoms with Gasteiger partial charge in [-0.05, 0) is 44.9 Å². The third-order valence-corrected chi connectivity index (χ3v) is 4.41. The lowest BCUT2D eigenvalue weighted by molar-refractivity contribution is 0.204. The largest absolute Gasteiger partial charge is 0.486 e. The molecule has 1 aliphatic rings. The Hall–Kier alpha value is -1.09. The first-order valence-electron chi connectivity index (χ1n) is 9.23. The molecule has 148 valence electrons. The molecule has 5 nitrogen and oxygen atoms in total.